The van der Waals surface area contributed by atoms with E-state index in [4.69, 9.17) is 5.11 Å². The predicted molar refractivity (Wildman–Crippen MR) is 56.2 cm³/mol. The van der Waals surface area contributed by atoms with Gasteiger partial charge in [0.25, 0.3) is 0 Å². The summed E-state index contributed by atoms with van der Waals surface area (Å²) in [4.78, 5) is 10.9. The van der Waals surface area contributed by atoms with E-state index in [9.17, 15) is 13.2 Å². The third-order valence-electron chi connectivity index (χ3n) is 2.84. The Morgan fingerprint density at radius 3 is 2.82 bits per heavy atom. The molecule has 1 aromatic heterocycles. The molecule has 2 heterocycles. The van der Waals surface area contributed by atoms with E-state index in [1.54, 1.807) is 0 Å². The molecule has 1 aromatic rings. The molecule has 0 bridgehead atoms. The zero-order valence-corrected chi connectivity index (χ0v) is 9.96. The summed E-state index contributed by atoms with van der Waals surface area (Å²) in [5.74, 6) is -0.941. The maximum absolute atomic E-state index is 11.4. The summed E-state index contributed by atoms with van der Waals surface area (Å²) < 4.78 is 23.9. The molecule has 1 aliphatic rings. The third-order valence-corrected chi connectivity index (χ3v) is 4.61. The van der Waals surface area contributed by atoms with Crippen LogP contribution in [-0.2, 0) is 14.6 Å². The van der Waals surface area contributed by atoms with E-state index in [-0.39, 0.29) is 17.4 Å². The second-order valence-corrected chi connectivity index (χ2v) is 6.32. The Labute approximate surface area is 97.5 Å². The van der Waals surface area contributed by atoms with Crippen LogP contribution in [0.2, 0.25) is 0 Å². The van der Waals surface area contributed by atoms with Crippen LogP contribution >= 0.6 is 0 Å². The fourth-order valence-corrected chi connectivity index (χ4v) is 3.59. The minimum Gasteiger partial charge on any atom is -0.480 e. The highest BCUT2D eigenvalue weighted by Crippen LogP contribution is 2.28. The fourth-order valence-electron chi connectivity index (χ4n) is 1.85. The summed E-state index contributed by atoms with van der Waals surface area (Å²) in [5.41, 5.74) is 0. The Hall–Kier alpha value is -1.51. The molecule has 2 unspecified atom stereocenters. The topological polar surface area (TPSA) is 115 Å². The van der Waals surface area contributed by atoms with E-state index in [1.807, 2.05) is 0 Å². The molecule has 0 aliphatic carbocycles. The monoisotopic (exact) mass is 260 g/mol. The molecule has 1 N–H and O–H groups in total. The lowest BCUT2D eigenvalue weighted by molar-refractivity contribution is -0.140. The Balaban J connectivity index is 2.29. The van der Waals surface area contributed by atoms with Crippen LogP contribution in [0.15, 0.2) is 0 Å². The van der Waals surface area contributed by atoms with Gasteiger partial charge in [0.1, 0.15) is 6.04 Å². The maximum atomic E-state index is 11.4. The van der Waals surface area contributed by atoms with Crippen LogP contribution in [-0.4, -0.2) is 51.2 Å². The van der Waals surface area contributed by atoms with E-state index < -0.39 is 21.8 Å². The SMILES string of the molecule is CC(C(=O)O)n1nnnc1C1CCS(=O)(=O)C1. The van der Waals surface area contributed by atoms with Crippen LogP contribution < -0.4 is 0 Å². The summed E-state index contributed by atoms with van der Waals surface area (Å²) >= 11 is 0. The fraction of sp³-hybridized carbons (Fsp3) is 0.750. The molecule has 0 saturated carbocycles. The number of rotatable bonds is 3. The van der Waals surface area contributed by atoms with Crippen molar-refractivity contribution in [2.24, 2.45) is 0 Å². The van der Waals surface area contributed by atoms with Crippen LogP contribution in [0.3, 0.4) is 0 Å². The number of sulfone groups is 1. The van der Waals surface area contributed by atoms with Crippen molar-refractivity contribution in [2.45, 2.75) is 25.3 Å². The lowest BCUT2D eigenvalue weighted by atomic mass is 10.1. The summed E-state index contributed by atoms with van der Waals surface area (Å²) in [6, 6.07) is -0.900. The molecular weight excluding hydrogens is 248 g/mol. The second kappa shape index (κ2) is 4.06. The van der Waals surface area contributed by atoms with Gasteiger partial charge in [-0.1, -0.05) is 0 Å². The minimum absolute atomic E-state index is 0.0142. The van der Waals surface area contributed by atoms with Gasteiger partial charge >= 0.3 is 5.97 Å². The van der Waals surface area contributed by atoms with Gasteiger partial charge in [0.2, 0.25) is 0 Å². The quantitative estimate of drug-likeness (QED) is 0.758. The number of hydrogen-bond donors (Lipinski definition) is 1. The number of aromatic nitrogens is 4. The van der Waals surface area contributed by atoms with E-state index in [0.29, 0.717) is 12.2 Å². The van der Waals surface area contributed by atoms with Crippen LogP contribution in [0.25, 0.3) is 0 Å². The lowest BCUT2D eigenvalue weighted by Gasteiger charge is -2.11. The summed E-state index contributed by atoms with van der Waals surface area (Å²) in [6.07, 6.45) is 0.440. The highest BCUT2D eigenvalue weighted by atomic mass is 32.2. The van der Waals surface area contributed by atoms with E-state index in [0.717, 1.165) is 0 Å². The van der Waals surface area contributed by atoms with Crippen molar-refractivity contribution in [1.29, 1.82) is 0 Å². The molecule has 94 valence electrons. The molecule has 1 fully saturated rings. The summed E-state index contributed by atoms with van der Waals surface area (Å²) in [7, 11) is -3.04. The van der Waals surface area contributed by atoms with Crippen LogP contribution in [0.1, 0.15) is 31.1 Å². The molecule has 9 heteroatoms. The number of aliphatic carboxylic acids is 1. The smallest absolute Gasteiger partial charge is 0.328 e. The molecule has 1 saturated heterocycles. The number of hydrogen-bond acceptors (Lipinski definition) is 6. The van der Waals surface area contributed by atoms with E-state index in [1.165, 1.54) is 11.6 Å². The van der Waals surface area contributed by atoms with Gasteiger partial charge in [0.15, 0.2) is 15.7 Å². The molecule has 1 aliphatic heterocycles. The molecule has 8 nitrogen and oxygen atoms in total. The lowest BCUT2D eigenvalue weighted by Crippen LogP contribution is -2.21. The van der Waals surface area contributed by atoms with Gasteiger partial charge < -0.3 is 5.11 Å². The van der Waals surface area contributed by atoms with Gasteiger partial charge in [-0.05, 0) is 23.8 Å². The predicted octanol–water partition coefficient (Wildman–Crippen LogP) is -0.779. The Morgan fingerprint density at radius 1 is 1.59 bits per heavy atom. The van der Waals surface area contributed by atoms with Crippen molar-refractivity contribution in [2.75, 3.05) is 11.5 Å². The van der Waals surface area contributed by atoms with Gasteiger partial charge in [0, 0.05) is 5.92 Å². The summed E-state index contributed by atoms with van der Waals surface area (Å²) in [6.45, 7) is 1.45. The van der Waals surface area contributed by atoms with Gasteiger partial charge in [-0.25, -0.2) is 17.9 Å². The minimum atomic E-state index is -3.04. The van der Waals surface area contributed by atoms with Gasteiger partial charge in [0.05, 0.1) is 11.5 Å². The molecule has 0 aromatic carbocycles. The number of carbonyl (C=O) groups is 1. The van der Waals surface area contributed by atoms with Crippen molar-refractivity contribution in [3.63, 3.8) is 0 Å². The Morgan fingerprint density at radius 2 is 2.29 bits per heavy atom. The Bertz CT molecular complexity index is 537. The van der Waals surface area contributed by atoms with E-state index >= 15 is 0 Å². The standard InChI is InChI=1S/C8H12N4O4S/c1-5(8(13)14)12-7(9-10-11-12)6-2-3-17(15,16)4-6/h5-6H,2-4H2,1H3,(H,13,14). The van der Waals surface area contributed by atoms with Crippen molar-refractivity contribution in [1.82, 2.24) is 20.2 Å². The zero-order chi connectivity index (χ0) is 12.6. The molecule has 0 amide bonds. The van der Waals surface area contributed by atoms with Crippen molar-refractivity contribution < 1.29 is 18.3 Å². The van der Waals surface area contributed by atoms with Crippen molar-refractivity contribution in [3.8, 4) is 0 Å². The van der Waals surface area contributed by atoms with Gasteiger partial charge in [-0.2, -0.15) is 0 Å². The van der Waals surface area contributed by atoms with E-state index in [2.05, 4.69) is 15.5 Å². The highest BCUT2D eigenvalue weighted by molar-refractivity contribution is 7.91. The van der Waals surface area contributed by atoms with Gasteiger partial charge in [-0.15, -0.1) is 5.10 Å². The number of nitrogens with zero attached hydrogens (tertiary/aromatic N) is 4. The molecule has 0 spiro atoms. The molecule has 0 radical (unpaired) electrons. The maximum Gasteiger partial charge on any atom is 0.328 e. The van der Waals surface area contributed by atoms with Crippen LogP contribution in [0, 0.1) is 0 Å². The second-order valence-electron chi connectivity index (χ2n) is 4.10. The van der Waals surface area contributed by atoms with Crippen LogP contribution in [0.4, 0.5) is 0 Å². The first-order valence-corrected chi connectivity index (χ1v) is 6.94. The third kappa shape index (κ3) is 2.28. The molecule has 2 rings (SSSR count). The number of carboxylic acid groups (broad SMARTS) is 1. The van der Waals surface area contributed by atoms with Crippen molar-refractivity contribution >= 4 is 15.8 Å². The summed E-state index contributed by atoms with van der Waals surface area (Å²) in [5, 5.41) is 19.7. The highest BCUT2D eigenvalue weighted by Gasteiger charge is 2.34. The largest absolute Gasteiger partial charge is 0.480 e. The normalized spacial score (nSPS) is 24.6. The van der Waals surface area contributed by atoms with Gasteiger partial charge in [-0.3, -0.25) is 0 Å². The average molecular weight is 260 g/mol. The Kier molecular flexibility index (Phi) is 2.86. The number of carboxylic acids is 1. The number of tetrazole rings is 1. The van der Waals surface area contributed by atoms with Crippen LogP contribution in [0.5, 0.6) is 0 Å². The molecular formula is C8H12N4O4S. The average Bonchev–Trinajstić information content (AvgIpc) is 2.82. The first-order valence-electron chi connectivity index (χ1n) is 5.12. The van der Waals surface area contributed by atoms with Crippen molar-refractivity contribution in [3.05, 3.63) is 5.82 Å². The first-order chi connectivity index (χ1) is 7.91. The first kappa shape index (κ1) is 12.0. The molecule has 2 atom stereocenters. The zero-order valence-electron chi connectivity index (χ0n) is 9.15. The molecule has 17 heavy (non-hydrogen) atoms.